The summed E-state index contributed by atoms with van der Waals surface area (Å²) in [5, 5.41) is 9.29. The van der Waals surface area contributed by atoms with Crippen molar-refractivity contribution in [3.63, 3.8) is 0 Å². The number of nitrogens with one attached hydrogen (secondary N) is 1. The van der Waals surface area contributed by atoms with Crippen LogP contribution < -0.4 is 15.0 Å². The number of hydrogen-bond donors (Lipinski definition) is 2. The van der Waals surface area contributed by atoms with Crippen LogP contribution in [-0.2, 0) is 21.2 Å². The van der Waals surface area contributed by atoms with E-state index in [1.165, 1.54) is 31.4 Å². The number of nitrogens with zero attached hydrogens (tertiary/aromatic N) is 1. The number of hydrogen-bond acceptors (Lipinski definition) is 7. The Kier molecular flexibility index (Phi) is 6.64. The third-order valence-electron chi connectivity index (χ3n) is 5.63. The van der Waals surface area contributed by atoms with E-state index >= 15 is 0 Å². The van der Waals surface area contributed by atoms with Crippen molar-refractivity contribution >= 4 is 15.7 Å². The minimum Gasteiger partial charge on any atom is -0.497 e. The van der Waals surface area contributed by atoms with Gasteiger partial charge in [0.15, 0.2) is 14.6 Å². The second-order valence-corrected chi connectivity index (χ2v) is 9.50. The molecule has 9 heteroatoms. The van der Waals surface area contributed by atoms with Crippen LogP contribution in [0.5, 0.6) is 11.5 Å². The van der Waals surface area contributed by atoms with Crippen LogP contribution in [0.25, 0.3) is 0 Å². The van der Waals surface area contributed by atoms with Crippen LogP contribution in [0.2, 0.25) is 0 Å². The second-order valence-electron chi connectivity index (χ2n) is 7.24. The van der Waals surface area contributed by atoms with Crippen LogP contribution in [0.3, 0.4) is 0 Å². The number of ether oxygens (including phenoxy) is 2. The Morgan fingerprint density at radius 1 is 1.00 bits per heavy atom. The molecule has 1 saturated heterocycles. The van der Waals surface area contributed by atoms with Gasteiger partial charge < -0.3 is 9.47 Å². The van der Waals surface area contributed by atoms with Gasteiger partial charge in [0.25, 0.3) is 5.91 Å². The monoisotopic (exact) mass is 434 g/mol. The number of amides is 1. The molecule has 2 aromatic rings. The molecule has 0 aromatic heterocycles. The Morgan fingerprint density at radius 3 is 1.97 bits per heavy atom. The van der Waals surface area contributed by atoms with Crippen molar-refractivity contribution in [2.75, 3.05) is 27.3 Å². The third-order valence-corrected chi connectivity index (χ3v) is 8.14. The summed E-state index contributed by atoms with van der Waals surface area (Å²) in [7, 11) is -0.941. The van der Waals surface area contributed by atoms with E-state index in [4.69, 9.17) is 9.47 Å². The van der Waals surface area contributed by atoms with Gasteiger partial charge in [0, 0.05) is 19.6 Å². The quantitative estimate of drug-likeness (QED) is 0.507. The number of carbonyl (C=O) groups is 1. The first kappa shape index (κ1) is 22.1. The fourth-order valence-corrected chi connectivity index (χ4v) is 5.72. The largest absolute Gasteiger partial charge is 0.497 e. The normalized spacial score (nSPS) is 16.6. The van der Waals surface area contributed by atoms with E-state index in [1.807, 2.05) is 24.3 Å². The molecule has 1 aliphatic heterocycles. The van der Waals surface area contributed by atoms with Crippen LogP contribution >= 0.6 is 0 Å². The molecule has 2 aromatic carbocycles. The van der Waals surface area contributed by atoms with Crippen molar-refractivity contribution in [2.24, 2.45) is 0 Å². The molecule has 0 saturated carbocycles. The average Bonchev–Trinajstić information content (AvgIpc) is 2.79. The Balaban J connectivity index is 1.80. The zero-order chi connectivity index (χ0) is 21.8. The van der Waals surface area contributed by atoms with Crippen molar-refractivity contribution in [2.45, 2.75) is 29.0 Å². The van der Waals surface area contributed by atoms with E-state index in [1.54, 1.807) is 12.6 Å². The molecule has 0 spiro atoms. The van der Waals surface area contributed by atoms with Gasteiger partial charge >= 0.3 is 0 Å². The average molecular weight is 435 g/mol. The predicted octanol–water partition coefficient (Wildman–Crippen LogP) is 2.02. The van der Waals surface area contributed by atoms with Crippen molar-refractivity contribution < 1.29 is 27.9 Å². The predicted molar refractivity (Wildman–Crippen MR) is 110 cm³/mol. The van der Waals surface area contributed by atoms with E-state index in [0.717, 1.165) is 11.3 Å². The molecular formula is C21H26N2O6S. The molecule has 0 bridgehead atoms. The number of methoxy groups -OCH3 is 2. The maximum atomic E-state index is 13.4. The summed E-state index contributed by atoms with van der Waals surface area (Å²) >= 11 is 0. The van der Waals surface area contributed by atoms with Crippen molar-refractivity contribution in [1.29, 1.82) is 0 Å². The zero-order valence-electron chi connectivity index (χ0n) is 17.0. The first-order chi connectivity index (χ1) is 14.4. The minimum absolute atomic E-state index is 0.0236. The van der Waals surface area contributed by atoms with Crippen LogP contribution in [0.1, 0.15) is 18.4 Å². The zero-order valence-corrected chi connectivity index (χ0v) is 17.8. The molecule has 1 heterocycles. The summed E-state index contributed by atoms with van der Waals surface area (Å²) in [4.78, 5) is 14.7. The molecule has 1 fully saturated rings. The maximum Gasteiger partial charge on any atom is 0.265 e. The fraction of sp³-hybridized carbons (Fsp3) is 0.381. The molecular weight excluding hydrogens is 408 g/mol. The number of benzene rings is 2. The van der Waals surface area contributed by atoms with Gasteiger partial charge in [-0.25, -0.2) is 13.9 Å². The summed E-state index contributed by atoms with van der Waals surface area (Å²) in [6, 6.07) is 13.6. The van der Waals surface area contributed by atoms with Gasteiger partial charge in [0.05, 0.1) is 19.1 Å². The maximum absolute atomic E-state index is 13.4. The van der Waals surface area contributed by atoms with Crippen LogP contribution in [0.4, 0.5) is 0 Å². The van der Waals surface area contributed by atoms with E-state index in [2.05, 4.69) is 4.90 Å². The van der Waals surface area contributed by atoms with Crippen molar-refractivity contribution in [1.82, 2.24) is 10.4 Å². The summed E-state index contributed by atoms with van der Waals surface area (Å²) in [5.74, 6) is 0.382. The number of hydroxylamine groups is 1. The number of carbonyl (C=O) groups excluding carboxylic acids is 1. The lowest BCUT2D eigenvalue weighted by atomic mass is 9.94. The molecule has 1 aliphatic rings. The lowest BCUT2D eigenvalue weighted by Crippen LogP contribution is -2.57. The van der Waals surface area contributed by atoms with Gasteiger partial charge in [-0.3, -0.25) is 14.9 Å². The van der Waals surface area contributed by atoms with Gasteiger partial charge in [-0.15, -0.1) is 0 Å². The van der Waals surface area contributed by atoms with E-state index in [-0.39, 0.29) is 17.7 Å². The Bertz CT molecular complexity index is 966. The van der Waals surface area contributed by atoms with Crippen LogP contribution in [-0.4, -0.2) is 56.5 Å². The summed E-state index contributed by atoms with van der Waals surface area (Å²) in [5.41, 5.74) is 2.64. The third kappa shape index (κ3) is 4.14. The molecule has 0 atom stereocenters. The van der Waals surface area contributed by atoms with E-state index in [9.17, 15) is 18.4 Å². The van der Waals surface area contributed by atoms with Gasteiger partial charge in [0.2, 0.25) is 0 Å². The molecule has 30 heavy (non-hydrogen) atoms. The molecule has 2 N–H and O–H groups in total. The lowest BCUT2D eigenvalue weighted by molar-refractivity contribution is -0.133. The first-order valence-corrected chi connectivity index (χ1v) is 11.0. The standard InChI is InChI=1S/C21H26N2O6S/c1-28-17-5-3-16(4-6-17)15-23-13-11-21(12-14-23,20(24)22-25)30(26,27)19-9-7-18(29-2)8-10-19/h3-10,25H,11-15H2,1-2H3,(H,22,24). The van der Waals surface area contributed by atoms with Crippen molar-refractivity contribution in [3.05, 3.63) is 54.1 Å². The topological polar surface area (TPSA) is 105 Å². The van der Waals surface area contributed by atoms with Gasteiger partial charge in [-0.05, 0) is 54.8 Å². The molecule has 0 radical (unpaired) electrons. The summed E-state index contributed by atoms with van der Waals surface area (Å²) in [6.07, 6.45) is 0.147. The highest BCUT2D eigenvalue weighted by atomic mass is 32.2. The molecule has 3 rings (SSSR count). The Morgan fingerprint density at radius 2 is 1.50 bits per heavy atom. The minimum atomic E-state index is -4.04. The Labute approximate surface area is 176 Å². The number of sulfone groups is 1. The molecule has 162 valence electrons. The summed E-state index contributed by atoms with van der Waals surface area (Å²) in [6.45, 7) is 1.42. The smallest absolute Gasteiger partial charge is 0.265 e. The van der Waals surface area contributed by atoms with Crippen molar-refractivity contribution in [3.8, 4) is 11.5 Å². The van der Waals surface area contributed by atoms with Gasteiger partial charge in [-0.1, -0.05) is 12.1 Å². The lowest BCUT2D eigenvalue weighted by Gasteiger charge is -2.39. The first-order valence-electron chi connectivity index (χ1n) is 9.55. The summed E-state index contributed by atoms with van der Waals surface area (Å²) < 4.78 is 35.3. The number of rotatable bonds is 7. The highest BCUT2D eigenvalue weighted by Gasteiger charge is 2.52. The van der Waals surface area contributed by atoms with E-state index in [0.29, 0.717) is 25.4 Å². The SMILES string of the molecule is COc1ccc(CN2CCC(C(=O)NO)(S(=O)(=O)c3ccc(OC)cc3)CC2)cc1. The van der Waals surface area contributed by atoms with Crippen LogP contribution in [0.15, 0.2) is 53.4 Å². The highest BCUT2D eigenvalue weighted by molar-refractivity contribution is 7.93. The highest BCUT2D eigenvalue weighted by Crippen LogP contribution is 2.37. The Hall–Kier alpha value is -2.62. The van der Waals surface area contributed by atoms with Gasteiger partial charge in [0.1, 0.15) is 11.5 Å². The fourth-order valence-electron chi connectivity index (χ4n) is 3.76. The number of likely N-dealkylation sites (tertiary alicyclic amines) is 1. The van der Waals surface area contributed by atoms with Gasteiger partial charge in [-0.2, -0.15) is 0 Å². The molecule has 0 aliphatic carbocycles. The van der Waals surface area contributed by atoms with E-state index < -0.39 is 20.5 Å². The molecule has 1 amide bonds. The second kappa shape index (κ2) is 9.03. The number of piperidine rings is 1. The van der Waals surface area contributed by atoms with Crippen LogP contribution in [0, 0.1) is 0 Å². The molecule has 8 nitrogen and oxygen atoms in total. The molecule has 0 unspecified atom stereocenters.